The Bertz CT molecular complexity index is 851. The Hall–Kier alpha value is -1.76. The molecule has 2 aromatic carbocycles. The van der Waals surface area contributed by atoms with E-state index in [1.54, 1.807) is 24.3 Å². The third-order valence-electron chi connectivity index (χ3n) is 4.18. The molecular weight excluding hydrogens is 360 g/mol. The number of hydrogen-bond donors (Lipinski definition) is 1. The molecule has 1 aliphatic rings. The van der Waals surface area contributed by atoms with Crippen LogP contribution < -0.4 is 9.62 Å². The Morgan fingerprint density at radius 1 is 1.16 bits per heavy atom. The molecule has 1 aliphatic heterocycles. The molecule has 0 unspecified atom stereocenters. The number of sulfonamides is 1. The van der Waals surface area contributed by atoms with E-state index < -0.39 is 10.0 Å². The van der Waals surface area contributed by atoms with Crippen LogP contribution in [0.25, 0.3) is 0 Å². The van der Waals surface area contributed by atoms with Gasteiger partial charge in [0.1, 0.15) is 0 Å². The Morgan fingerprint density at radius 2 is 1.88 bits per heavy atom. The maximum atomic E-state index is 12.4. The zero-order valence-corrected chi connectivity index (χ0v) is 15.8. The average molecular weight is 381 g/mol. The fourth-order valence-electron chi connectivity index (χ4n) is 2.89. The molecule has 0 aromatic heterocycles. The molecule has 1 saturated heterocycles. The third-order valence-corrected chi connectivity index (χ3v) is 5.80. The molecule has 1 fully saturated rings. The highest BCUT2D eigenvalue weighted by molar-refractivity contribution is 7.92. The number of nitrogens with zero attached hydrogens (tertiary/aromatic N) is 1. The van der Waals surface area contributed by atoms with Gasteiger partial charge in [-0.15, -0.1) is 0 Å². The normalized spacial score (nSPS) is 17.3. The summed E-state index contributed by atoms with van der Waals surface area (Å²) in [4.78, 5) is 2.41. The Kier molecular flexibility index (Phi) is 4.95. The van der Waals surface area contributed by atoms with Crippen molar-refractivity contribution in [2.24, 2.45) is 0 Å². The van der Waals surface area contributed by atoms with Gasteiger partial charge in [0.25, 0.3) is 10.0 Å². The van der Waals surface area contributed by atoms with Crippen LogP contribution in [-0.4, -0.2) is 33.7 Å². The van der Waals surface area contributed by atoms with Crippen LogP contribution in [0, 0.1) is 0 Å². The van der Waals surface area contributed by atoms with Crippen molar-refractivity contribution in [1.82, 2.24) is 0 Å². The highest BCUT2D eigenvalue weighted by atomic mass is 35.5. The number of hydrogen-bond acceptors (Lipinski definition) is 4. The third kappa shape index (κ3) is 4.08. The average Bonchev–Trinajstić information content (AvgIpc) is 2.55. The minimum Gasteiger partial charge on any atom is -0.377 e. The molecule has 0 amide bonds. The fraction of sp³-hybridized carbons (Fsp3) is 0.333. The summed E-state index contributed by atoms with van der Waals surface area (Å²) in [5.74, 6) is 0. The second-order valence-electron chi connectivity index (χ2n) is 6.63. The molecule has 2 aromatic rings. The number of nitrogens with one attached hydrogen (secondary N) is 1. The van der Waals surface area contributed by atoms with Gasteiger partial charge in [-0.2, -0.15) is 0 Å². The van der Waals surface area contributed by atoms with Crippen molar-refractivity contribution in [3.8, 4) is 0 Å². The molecule has 7 heteroatoms. The lowest BCUT2D eigenvalue weighted by Crippen LogP contribution is -2.53. The Balaban J connectivity index is 1.79. The van der Waals surface area contributed by atoms with Gasteiger partial charge < -0.3 is 9.64 Å². The lowest BCUT2D eigenvalue weighted by molar-refractivity contribution is 0.0644. The van der Waals surface area contributed by atoms with Crippen LogP contribution in [0.1, 0.15) is 13.8 Å². The molecule has 5 nitrogen and oxygen atoms in total. The first-order valence-corrected chi connectivity index (χ1v) is 9.88. The summed E-state index contributed by atoms with van der Waals surface area (Å²) < 4.78 is 33.0. The summed E-state index contributed by atoms with van der Waals surface area (Å²) in [5, 5.41) is 0.382. The van der Waals surface area contributed by atoms with Gasteiger partial charge >= 0.3 is 0 Å². The molecular formula is C18H21ClN2O3S. The van der Waals surface area contributed by atoms with Crippen molar-refractivity contribution in [1.29, 1.82) is 0 Å². The molecule has 1 N–H and O–H groups in total. The first-order chi connectivity index (χ1) is 11.8. The van der Waals surface area contributed by atoms with Gasteiger partial charge in [-0.25, -0.2) is 8.42 Å². The highest BCUT2D eigenvalue weighted by Crippen LogP contribution is 2.28. The number of anilines is 2. The summed E-state index contributed by atoms with van der Waals surface area (Å²) in [5.41, 5.74) is 1.45. The Morgan fingerprint density at radius 3 is 2.52 bits per heavy atom. The van der Waals surface area contributed by atoms with Gasteiger partial charge in [0, 0.05) is 22.9 Å². The lowest BCUT2D eigenvalue weighted by Gasteiger charge is -2.43. The Labute approximate surface area is 153 Å². The first-order valence-electron chi connectivity index (χ1n) is 8.02. The van der Waals surface area contributed by atoms with Gasteiger partial charge in [-0.05, 0) is 56.3 Å². The lowest BCUT2D eigenvalue weighted by atomic mass is 10.0. The number of morpholine rings is 1. The smallest absolute Gasteiger partial charge is 0.261 e. The summed E-state index contributed by atoms with van der Waals surface area (Å²) in [6.45, 7) is 6.41. The predicted octanol–water partition coefficient (Wildman–Crippen LogP) is 3.76. The van der Waals surface area contributed by atoms with E-state index in [0.717, 1.165) is 12.2 Å². The number of benzene rings is 2. The molecule has 25 heavy (non-hydrogen) atoms. The van der Waals surface area contributed by atoms with E-state index in [-0.39, 0.29) is 10.4 Å². The van der Waals surface area contributed by atoms with Crippen molar-refractivity contribution < 1.29 is 13.2 Å². The molecule has 3 rings (SSSR count). The molecule has 134 valence electrons. The number of halogens is 1. The van der Waals surface area contributed by atoms with E-state index in [2.05, 4.69) is 23.5 Å². The van der Waals surface area contributed by atoms with Crippen LogP contribution in [0.4, 0.5) is 11.4 Å². The minimum atomic E-state index is -3.66. The van der Waals surface area contributed by atoms with Crippen LogP contribution in [0.5, 0.6) is 0 Å². The van der Waals surface area contributed by atoms with Gasteiger partial charge in [0.15, 0.2) is 0 Å². The van der Waals surface area contributed by atoms with E-state index in [1.165, 1.54) is 12.1 Å². The summed E-state index contributed by atoms with van der Waals surface area (Å²) in [7, 11) is -3.66. The van der Waals surface area contributed by atoms with Crippen LogP contribution >= 0.6 is 11.6 Å². The van der Waals surface area contributed by atoms with E-state index in [0.29, 0.717) is 23.9 Å². The van der Waals surface area contributed by atoms with Crippen molar-refractivity contribution in [3.05, 3.63) is 53.6 Å². The van der Waals surface area contributed by atoms with Crippen LogP contribution in [0.2, 0.25) is 5.02 Å². The molecule has 0 bridgehead atoms. The standard InChI is InChI=1S/C18H21ClN2O3S/c1-18(2)13-24-11-10-21(18)16-8-6-15(7-9-16)20-25(22,23)17-5-3-4-14(19)12-17/h3-9,12,20H,10-11,13H2,1-2H3. The second kappa shape index (κ2) is 6.86. The summed E-state index contributed by atoms with van der Waals surface area (Å²) in [6.07, 6.45) is 0. The minimum absolute atomic E-state index is 0.0972. The summed E-state index contributed by atoms with van der Waals surface area (Å²) in [6, 6.07) is 13.6. The fourth-order valence-corrected chi connectivity index (χ4v) is 4.25. The highest BCUT2D eigenvalue weighted by Gasteiger charge is 2.30. The van der Waals surface area contributed by atoms with E-state index in [1.807, 2.05) is 12.1 Å². The van der Waals surface area contributed by atoms with Gasteiger partial charge in [0.05, 0.1) is 23.6 Å². The monoisotopic (exact) mass is 380 g/mol. The predicted molar refractivity (Wildman–Crippen MR) is 101 cm³/mol. The van der Waals surface area contributed by atoms with Crippen molar-refractivity contribution >= 4 is 33.0 Å². The largest absolute Gasteiger partial charge is 0.377 e. The summed E-state index contributed by atoms with van der Waals surface area (Å²) >= 11 is 5.88. The second-order valence-corrected chi connectivity index (χ2v) is 8.75. The van der Waals surface area contributed by atoms with Crippen molar-refractivity contribution in [2.45, 2.75) is 24.3 Å². The molecule has 1 heterocycles. The maximum absolute atomic E-state index is 12.4. The molecule has 0 spiro atoms. The maximum Gasteiger partial charge on any atom is 0.261 e. The van der Waals surface area contributed by atoms with Crippen molar-refractivity contribution in [2.75, 3.05) is 29.4 Å². The quantitative estimate of drug-likeness (QED) is 0.877. The topological polar surface area (TPSA) is 58.6 Å². The van der Waals surface area contributed by atoms with Crippen molar-refractivity contribution in [3.63, 3.8) is 0 Å². The van der Waals surface area contributed by atoms with E-state index in [4.69, 9.17) is 16.3 Å². The van der Waals surface area contributed by atoms with Gasteiger partial charge in [0.2, 0.25) is 0 Å². The van der Waals surface area contributed by atoms with E-state index >= 15 is 0 Å². The van der Waals surface area contributed by atoms with Gasteiger partial charge in [-0.3, -0.25) is 4.72 Å². The molecule has 0 radical (unpaired) electrons. The zero-order valence-electron chi connectivity index (χ0n) is 14.2. The van der Waals surface area contributed by atoms with Gasteiger partial charge in [-0.1, -0.05) is 17.7 Å². The SMILES string of the molecule is CC1(C)COCCN1c1ccc(NS(=O)(=O)c2cccc(Cl)c2)cc1. The number of ether oxygens (including phenoxy) is 1. The molecule has 0 saturated carbocycles. The number of rotatable bonds is 4. The van der Waals surface area contributed by atoms with E-state index in [9.17, 15) is 8.42 Å². The first kappa shape index (κ1) is 18.0. The van der Waals surface area contributed by atoms with Crippen LogP contribution in [-0.2, 0) is 14.8 Å². The van der Waals surface area contributed by atoms with Crippen LogP contribution in [0.15, 0.2) is 53.4 Å². The van der Waals surface area contributed by atoms with Crippen LogP contribution in [0.3, 0.4) is 0 Å². The molecule has 0 aliphatic carbocycles. The molecule has 0 atom stereocenters. The zero-order chi connectivity index (χ0) is 18.1.